The number of benzene rings is 2. The minimum absolute atomic E-state index is 0.0316. The summed E-state index contributed by atoms with van der Waals surface area (Å²) in [5.41, 5.74) is 1.22. The Bertz CT molecular complexity index is 1540. The van der Waals surface area contributed by atoms with Crippen molar-refractivity contribution in [2.75, 3.05) is 29.4 Å². The Morgan fingerprint density at radius 1 is 0.977 bits per heavy atom. The van der Waals surface area contributed by atoms with Crippen LogP contribution in [0.5, 0.6) is 0 Å². The standard InChI is InChI=1S/C32H36F4N6O2/c1-20(2)39-16-13-27(30(39)43)42-19-23-18-40(24-11-14-38(15-12-24)28-21(3)7-6-10-26(28)33)31(44)41(29(23)37-42)17-22-8-4-5-9-25(22)32(34,35)36/h4-10,19-20,24,27H,11-18H2,1-3H3. The number of alkyl halides is 3. The van der Waals surface area contributed by atoms with Crippen LogP contribution in [0.2, 0.25) is 0 Å². The number of hydrogen-bond acceptors (Lipinski definition) is 4. The van der Waals surface area contributed by atoms with Gasteiger partial charge in [-0.1, -0.05) is 30.3 Å². The van der Waals surface area contributed by atoms with Crippen LogP contribution < -0.4 is 9.80 Å². The molecule has 8 nitrogen and oxygen atoms in total. The molecule has 0 bridgehead atoms. The summed E-state index contributed by atoms with van der Waals surface area (Å²) in [6.07, 6.45) is -1.13. The lowest BCUT2D eigenvalue weighted by molar-refractivity contribution is -0.138. The van der Waals surface area contributed by atoms with Gasteiger partial charge in [-0.15, -0.1) is 0 Å². The van der Waals surface area contributed by atoms with E-state index in [0.29, 0.717) is 50.1 Å². The average molecular weight is 613 g/mol. The highest BCUT2D eigenvalue weighted by atomic mass is 19.4. The number of aromatic nitrogens is 2. The van der Waals surface area contributed by atoms with Gasteiger partial charge in [0, 0.05) is 43.5 Å². The molecule has 2 saturated heterocycles. The Labute approximate surface area is 253 Å². The first-order valence-corrected chi connectivity index (χ1v) is 15.1. The zero-order valence-corrected chi connectivity index (χ0v) is 25.0. The van der Waals surface area contributed by atoms with Crippen LogP contribution in [-0.4, -0.2) is 63.2 Å². The number of hydrogen-bond donors (Lipinski definition) is 0. The van der Waals surface area contributed by atoms with Gasteiger partial charge in [0.15, 0.2) is 5.82 Å². The SMILES string of the molecule is Cc1cccc(F)c1N1CCC(N2Cc3cn(C4CCN(C(C)C)C4=O)nc3N(Cc3ccccc3C(F)(F)F)C2=O)CC1. The van der Waals surface area contributed by atoms with Crippen molar-refractivity contribution in [1.29, 1.82) is 0 Å². The van der Waals surface area contributed by atoms with Gasteiger partial charge in [-0.25, -0.2) is 9.18 Å². The maximum atomic E-state index is 14.7. The molecule has 0 saturated carbocycles. The molecule has 3 aromatic rings. The fourth-order valence-electron chi connectivity index (χ4n) is 6.82. The lowest BCUT2D eigenvalue weighted by Gasteiger charge is -2.43. The van der Waals surface area contributed by atoms with Crippen molar-refractivity contribution in [3.63, 3.8) is 0 Å². The quantitative estimate of drug-likeness (QED) is 0.314. The normalized spacial score (nSPS) is 19.9. The lowest BCUT2D eigenvalue weighted by Crippen LogP contribution is -2.54. The Kier molecular flexibility index (Phi) is 7.79. The van der Waals surface area contributed by atoms with E-state index in [2.05, 4.69) is 5.10 Å². The number of nitrogens with zero attached hydrogens (tertiary/aromatic N) is 6. The van der Waals surface area contributed by atoms with Crippen LogP contribution in [0.15, 0.2) is 48.7 Å². The van der Waals surface area contributed by atoms with Crippen LogP contribution in [0.3, 0.4) is 0 Å². The Morgan fingerprint density at radius 2 is 1.70 bits per heavy atom. The third-order valence-electron chi connectivity index (χ3n) is 9.07. The first-order valence-electron chi connectivity index (χ1n) is 15.1. The summed E-state index contributed by atoms with van der Waals surface area (Å²) in [6.45, 7) is 7.31. The van der Waals surface area contributed by atoms with Gasteiger partial charge in [0.25, 0.3) is 0 Å². The number of carbonyl (C=O) groups excluding carboxylic acids is 2. The number of aryl methyl sites for hydroxylation is 1. The topological polar surface area (TPSA) is 64.9 Å². The molecule has 0 aliphatic carbocycles. The number of anilines is 2. The van der Waals surface area contributed by atoms with E-state index in [1.807, 2.05) is 31.7 Å². The molecular formula is C32H36F4N6O2. The molecule has 0 radical (unpaired) electrons. The zero-order valence-electron chi connectivity index (χ0n) is 25.0. The van der Waals surface area contributed by atoms with Crippen molar-refractivity contribution < 1.29 is 27.2 Å². The number of rotatable bonds is 6. The zero-order chi connectivity index (χ0) is 31.3. The first-order chi connectivity index (χ1) is 20.9. The summed E-state index contributed by atoms with van der Waals surface area (Å²) in [6, 6.07) is 9.08. The van der Waals surface area contributed by atoms with E-state index in [-0.39, 0.29) is 48.3 Å². The summed E-state index contributed by atoms with van der Waals surface area (Å²) in [5, 5.41) is 4.66. The number of piperidine rings is 1. The molecule has 0 spiro atoms. The maximum absolute atomic E-state index is 14.7. The Morgan fingerprint density at radius 3 is 2.36 bits per heavy atom. The molecule has 44 heavy (non-hydrogen) atoms. The number of likely N-dealkylation sites (tertiary alicyclic amines) is 1. The van der Waals surface area contributed by atoms with Crippen molar-refractivity contribution in [2.24, 2.45) is 0 Å². The molecule has 3 aliphatic heterocycles. The molecule has 6 rings (SSSR count). The summed E-state index contributed by atoms with van der Waals surface area (Å²) < 4.78 is 58.1. The second kappa shape index (κ2) is 11.4. The van der Waals surface area contributed by atoms with E-state index in [1.54, 1.807) is 26.7 Å². The summed E-state index contributed by atoms with van der Waals surface area (Å²) in [7, 11) is 0. The van der Waals surface area contributed by atoms with E-state index in [0.717, 1.165) is 11.6 Å². The smallest absolute Gasteiger partial charge is 0.369 e. The van der Waals surface area contributed by atoms with Gasteiger partial charge in [0.05, 0.1) is 24.3 Å². The highest BCUT2D eigenvalue weighted by molar-refractivity contribution is 5.94. The van der Waals surface area contributed by atoms with Gasteiger partial charge < -0.3 is 14.7 Å². The van der Waals surface area contributed by atoms with Crippen molar-refractivity contribution in [3.8, 4) is 0 Å². The summed E-state index contributed by atoms with van der Waals surface area (Å²) >= 11 is 0. The molecule has 234 valence electrons. The number of halogens is 4. The summed E-state index contributed by atoms with van der Waals surface area (Å²) in [4.78, 5) is 34.1. The first kappa shape index (κ1) is 30.0. The third-order valence-corrected chi connectivity index (χ3v) is 9.07. The lowest BCUT2D eigenvalue weighted by atomic mass is 10.00. The van der Waals surface area contributed by atoms with Gasteiger partial charge in [0.2, 0.25) is 5.91 Å². The summed E-state index contributed by atoms with van der Waals surface area (Å²) in [5.74, 6) is -0.0761. The van der Waals surface area contributed by atoms with E-state index in [4.69, 9.17) is 0 Å². The molecular weight excluding hydrogens is 576 g/mol. The molecule has 2 aromatic carbocycles. The number of carbonyl (C=O) groups is 2. The highest BCUT2D eigenvalue weighted by Crippen LogP contribution is 2.38. The van der Waals surface area contributed by atoms with Crippen LogP contribution in [0.4, 0.5) is 33.9 Å². The molecule has 0 N–H and O–H groups in total. The predicted molar refractivity (Wildman–Crippen MR) is 158 cm³/mol. The minimum atomic E-state index is -4.59. The molecule has 1 unspecified atom stereocenters. The van der Waals surface area contributed by atoms with Gasteiger partial charge in [0.1, 0.15) is 11.9 Å². The van der Waals surface area contributed by atoms with Crippen molar-refractivity contribution in [2.45, 2.75) is 77.4 Å². The molecule has 1 atom stereocenters. The van der Waals surface area contributed by atoms with Crippen molar-refractivity contribution in [3.05, 3.63) is 76.7 Å². The van der Waals surface area contributed by atoms with Crippen LogP contribution >= 0.6 is 0 Å². The number of urea groups is 1. The number of fused-ring (bicyclic) bond motifs is 1. The van der Waals surface area contributed by atoms with Gasteiger partial charge in [-0.2, -0.15) is 18.3 Å². The van der Waals surface area contributed by atoms with E-state index in [1.165, 1.54) is 29.2 Å². The minimum Gasteiger partial charge on any atom is -0.369 e. The second-order valence-electron chi connectivity index (χ2n) is 12.2. The van der Waals surface area contributed by atoms with Crippen LogP contribution in [0.1, 0.15) is 61.4 Å². The van der Waals surface area contributed by atoms with Crippen LogP contribution in [0, 0.1) is 12.7 Å². The Balaban J connectivity index is 1.31. The second-order valence-corrected chi connectivity index (χ2v) is 12.2. The third kappa shape index (κ3) is 5.39. The number of amides is 3. The van der Waals surface area contributed by atoms with Crippen molar-refractivity contribution in [1.82, 2.24) is 19.6 Å². The fourth-order valence-corrected chi connectivity index (χ4v) is 6.82. The van der Waals surface area contributed by atoms with E-state index in [9.17, 15) is 27.2 Å². The predicted octanol–water partition coefficient (Wildman–Crippen LogP) is 6.14. The molecule has 2 fully saturated rings. The van der Waals surface area contributed by atoms with Gasteiger partial charge in [-0.3, -0.25) is 14.4 Å². The van der Waals surface area contributed by atoms with E-state index >= 15 is 0 Å². The average Bonchev–Trinajstić information content (AvgIpc) is 3.57. The molecule has 3 amide bonds. The van der Waals surface area contributed by atoms with Crippen LogP contribution in [-0.2, 0) is 24.1 Å². The molecule has 4 heterocycles. The Hall–Kier alpha value is -4.09. The fraction of sp³-hybridized carbons (Fsp3) is 0.469. The molecule has 1 aromatic heterocycles. The molecule has 3 aliphatic rings. The van der Waals surface area contributed by atoms with Crippen molar-refractivity contribution >= 4 is 23.4 Å². The number of para-hydroxylation sites is 1. The van der Waals surface area contributed by atoms with E-state index < -0.39 is 23.8 Å². The maximum Gasteiger partial charge on any atom is 0.416 e. The monoisotopic (exact) mass is 612 g/mol. The highest BCUT2D eigenvalue weighted by Gasteiger charge is 2.42. The largest absolute Gasteiger partial charge is 0.416 e. The van der Waals surface area contributed by atoms with Crippen LogP contribution in [0.25, 0.3) is 0 Å². The van der Waals surface area contributed by atoms with Gasteiger partial charge >= 0.3 is 12.2 Å². The van der Waals surface area contributed by atoms with Gasteiger partial charge in [-0.05, 0) is 63.3 Å². The molecule has 12 heteroatoms.